The van der Waals surface area contributed by atoms with Crippen LogP contribution in [0.25, 0.3) is 0 Å². The Morgan fingerprint density at radius 2 is 1.69 bits per heavy atom. The summed E-state index contributed by atoms with van der Waals surface area (Å²) in [5, 5.41) is 12.4. The lowest BCUT2D eigenvalue weighted by molar-refractivity contribution is -0.137. The number of hydrazine groups is 1. The van der Waals surface area contributed by atoms with Crippen LogP contribution >= 0.6 is 23.2 Å². The minimum absolute atomic E-state index is 0.0598. The predicted octanol–water partition coefficient (Wildman–Crippen LogP) is 4.04. The molecule has 0 heterocycles. The molecule has 3 aromatic rings. The molecule has 0 aliphatic carbocycles. The van der Waals surface area contributed by atoms with Gasteiger partial charge in [0.15, 0.2) is 0 Å². The van der Waals surface area contributed by atoms with Crippen molar-refractivity contribution in [3.8, 4) is 0 Å². The molecule has 0 saturated carbocycles. The number of anilines is 2. The number of carbonyl (C=O) groups excluding carboxylic acids is 1. The Hall–Kier alpha value is -3.64. The Balaban J connectivity index is 1.91. The fraction of sp³-hybridized carbons (Fsp3) is 0.0870. The second-order valence-corrected chi connectivity index (χ2v) is 10.1. The van der Waals surface area contributed by atoms with Gasteiger partial charge in [-0.3, -0.25) is 9.10 Å². The summed E-state index contributed by atoms with van der Waals surface area (Å²) in [6, 6.07) is 14.4. The number of carboxylic acids is 1. The Kier molecular flexibility index (Phi) is 8.53. The number of halogens is 2. The van der Waals surface area contributed by atoms with Crippen molar-refractivity contribution >= 4 is 68.5 Å². The zero-order chi connectivity index (χ0) is 26.5. The molecule has 0 spiro atoms. The third-order valence-corrected chi connectivity index (χ3v) is 7.19. The zero-order valence-electron chi connectivity index (χ0n) is 18.7. The highest BCUT2D eigenvalue weighted by Crippen LogP contribution is 2.31. The van der Waals surface area contributed by atoms with Crippen LogP contribution < -0.4 is 20.9 Å². The number of hydrogen-bond donors (Lipinski definition) is 4. The number of hydrogen-bond acceptors (Lipinski definition) is 6. The molecule has 0 bridgehead atoms. The van der Waals surface area contributed by atoms with Gasteiger partial charge in [0.2, 0.25) is 0 Å². The van der Waals surface area contributed by atoms with Gasteiger partial charge in [-0.25, -0.2) is 24.0 Å². The van der Waals surface area contributed by atoms with Crippen molar-refractivity contribution in [3.05, 3.63) is 82.3 Å². The standard InChI is InChI=1S/C23H21Cl2N5O5S/c1-14(23(32)33)30(36(34,35)21-11-16(24)10-17(25)12-21)20-7-5-18(6-8-20)29-22(31)15-3-2-4-19(9-15)27-13-28-26/h2-14H,26H2,1H3,(H,27,28)(H,29,31)(H,32,33)/t14-/m0/s1. The molecule has 10 nitrogen and oxygen atoms in total. The van der Waals surface area contributed by atoms with Crippen molar-refractivity contribution in [1.82, 2.24) is 5.43 Å². The van der Waals surface area contributed by atoms with Gasteiger partial charge in [-0.1, -0.05) is 29.3 Å². The molecular weight excluding hydrogens is 529 g/mol. The summed E-state index contributed by atoms with van der Waals surface area (Å²) in [6.07, 6.45) is 1.27. The van der Waals surface area contributed by atoms with E-state index in [1.54, 1.807) is 24.3 Å². The van der Waals surface area contributed by atoms with Crippen LogP contribution in [0, 0.1) is 0 Å². The van der Waals surface area contributed by atoms with Crippen LogP contribution in [0.3, 0.4) is 0 Å². The molecule has 0 aromatic heterocycles. The summed E-state index contributed by atoms with van der Waals surface area (Å²) in [4.78, 5) is 28.2. The fourth-order valence-corrected chi connectivity index (χ4v) is 5.54. The maximum atomic E-state index is 13.4. The van der Waals surface area contributed by atoms with E-state index in [-0.39, 0.29) is 20.6 Å². The number of carboxylic acid groups (broad SMARTS) is 1. The van der Waals surface area contributed by atoms with Crippen molar-refractivity contribution in [1.29, 1.82) is 0 Å². The molecule has 13 heteroatoms. The van der Waals surface area contributed by atoms with E-state index in [9.17, 15) is 23.1 Å². The summed E-state index contributed by atoms with van der Waals surface area (Å²) < 4.78 is 27.5. The number of nitrogens with two attached hydrogens (primary N) is 1. The molecule has 0 saturated heterocycles. The number of aliphatic carboxylic acids is 1. The Labute approximate surface area is 217 Å². The van der Waals surface area contributed by atoms with Crippen LogP contribution in [0.1, 0.15) is 17.3 Å². The zero-order valence-corrected chi connectivity index (χ0v) is 21.1. The number of rotatable bonds is 9. The molecular formula is C23H21Cl2N5O5S. The number of benzene rings is 3. The maximum Gasteiger partial charge on any atom is 0.327 e. The normalized spacial score (nSPS) is 12.2. The van der Waals surface area contributed by atoms with E-state index in [0.29, 0.717) is 16.9 Å². The monoisotopic (exact) mass is 549 g/mol. The lowest BCUT2D eigenvalue weighted by Gasteiger charge is -2.28. The Morgan fingerprint density at radius 1 is 1.06 bits per heavy atom. The minimum Gasteiger partial charge on any atom is -0.480 e. The van der Waals surface area contributed by atoms with Crippen LogP contribution in [-0.4, -0.2) is 37.8 Å². The van der Waals surface area contributed by atoms with Crippen LogP contribution in [0.5, 0.6) is 0 Å². The molecule has 0 aliphatic heterocycles. The first-order chi connectivity index (χ1) is 17.0. The topological polar surface area (TPSA) is 154 Å². The quantitative estimate of drug-likeness (QED) is 0.136. The molecule has 1 amide bonds. The van der Waals surface area contributed by atoms with Crippen LogP contribution in [0.2, 0.25) is 10.0 Å². The molecule has 36 heavy (non-hydrogen) atoms. The van der Waals surface area contributed by atoms with Crippen molar-refractivity contribution in [2.24, 2.45) is 10.8 Å². The lowest BCUT2D eigenvalue weighted by Crippen LogP contribution is -2.43. The van der Waals surface area contributed by atoms with E-state index in [1.165, 1.54) is 55.7 Å². The van der Waals surface area contributed by atoms with E-state index in [1.807, 2.05) is 0 Å². The van der Waals surface area contributed by atoms with Crippen molar-refractivity contribution in [3.63, 3.8) is 0 Å². The van der Waals surface area contributed by atoms with Gasteiger partial charge in [-0.05, 0) is 67.6 Å². The maximum absolute atomic E-state index is 13.4. The van der Waals surface area contributed by atoms with Crippen molar-refractivity contribution < 1.29 is 23.1 Å². The van der Waals surface area contributed by atoms with E-state index >= 15 is 0 Å². The molecule has 0 radical (unpaired) electrons. The van der Waals surface area contributed by atoms with Gasteiger partial charge in [0.1, 0.15) is 12.4 Å². The molecule has 3 aromatic carbocycles. The third-order valence-electron chi connectivity index (χ3n) is 4.88. The van der Waals surface area contributed by atoms with Gasteiger partial charge in [-0.15, -0.1) is 0 Å². The van der Waals surface area contributed by atoms with E-state index in [0.717, 1.165) is 4.31 Å². The van der Waals surface area contributed by atoms with Crippen LogP contribution in [0.15, 0.2) is 76.6 Å². The summed E-state index contributed by atoms with van der Waals surface area (Å²) in [5.74, 6) is 3.36. The van der Waals surface area contributed by atoms with Gasteiger partial charge < -0.3 is 15.8 Å². The molecule has 0 aliphatic rings. The van der Waals surface area contributed by atoms with Crippen LogP contribution in [0.4, 0.5) is 17.1 Å². The average Bonchev–Trinajstić information content (AvgIpc) is 2.83. The molecule has 188 valence electrons. The van der Waals surface area contributed by atoms with Crippen molar-refractivity contribution in [2.75, 3.05) is 9.62 Å². The summed E-state index contributed by atoms with van der Waals surface area (Å²) in [7, 11) is -4.37. The van der Waals surface area contributed by atoms with Gasteiger partial charge in [0.25, 0.3) is 15.9 Å². The highest BCUT2D eigenvalue weighted by atomic mass is 35.5. The minimum atomic E-state index is -4.37. The SMILES string of the molecule is C[C@@H](C(=O)O)N(c1ccc(NC(=O)c2cccc(N=CNN)c2)cc1)S(=O)(=O)c1cc(Cl)cc(Cl)c1. The number of carbonyl (C=O) groups is 2. The summed E-state index contributed by atoms with van der Waals surface area (Å²) in [5.41, 5.74) is 3.51. The van der Waals surface area contributed by atoms with E-state index < -0.39 is 27.9 Å². The lowest BCUT2D eigenvalue weighted by atomic mass is 10.2. The molecule has 1 atom stereocenters. The fourth-order valence-electron chi connectivity index (χ4n) is 3.20. The smallest absolute Gasteiger partial charge is 0.327 e. The average molecular weight is 550 g/mol. The molecule has 0 unspecified atom stereocenters. The highest BCUT2D eigenvalue weighted by Gasteiger charge is 2.33. The van der Waals surface area contributed by atoms with Gasteiger partial charge >= 0.3 is 5.97 Å². The second kappa shape index (κ2) is 11.4. The molecule has 5 N–H and O–H groups in total. The Bertz CT molecular complexity index is 1390. The Morgan fingerprint density at radius 3 is 2.28 bits per heavy atom. The molecule has 3 rings (SSSR count). The van der Waals surface area contributed by atoms with E-state index in [4.69, 9.17) is 29.0 Å². The van der Waals surface area contributed by atoms with Crippen molar-refractivity contribution in [2.45, 2.75) is 17.9 Å². The van der Waals surface area contributed by atoms with Gasteiger partial charge in [-0.2, -0.15) is 0 Å². The molecule has 0 fully saturated rings. The second-order valence-electron chi connectivity index (χ2n) is 7.40. The summed E-state index contributed by atoms with van der Waals surface area (Å²) >= 11 is 11.9. The number of nitrogens with zero attached hydrogens (tertiary/aromatic N) is 2. The summed E-state index contributed by atoms with van der Waals surface area (Å²) in [6.45, 7) is 1.23. The number of nitrogens with one attached hydrogen (secondary N) is 2. The first kappa shape index (κ1) is 27.0. The number of sulfonamides is 1. The number of amides is 1. The highest BCUT2D eigenvalue weighted by molar-refractivity contribution is 7.93. The number of aliphatic imine (C=N–C) groups is 1. The van der Waals surface area contributed by atoms with E-state index in [2.05, 4.69) is 15.7 Å². The first-order valence-electron chi connectivity index (χ1n) is 10.3. The van der Waals surface area contributed by atoms with Crippen LogP contribution in [-0.2, 0) is 14.8 Å². The van der Waals surface area contributed by atoms with Gasteiger partial charge in [0, 0.05) is 21.3 Å². The predicted molar refractivity (Wildman–Crippen MR) is 140 cm³/mol. The largest absolute Gasteiger partial charge is 0.480 e. The third kappa shape index (κ3) is 6.32. The first-order valence-corrected chi connectivity index (χ1v) is 12.5. The van der Waals surface area contributed by atoms with Gasteiger partial charge in [0.05, 0.1) is 16.3 Å².